The highest BCUT2D eigenvalue weighted by Crippen LogP contribution is 2.43. The molecule has 1 aromatic carbocycles. The SMILES string of the molecule is CCOC(=O)Cc1c2c3c(cc(O)c(O)c3oc1=O)C(=O)O[C@H]2C(=O)OCC. The number of aromatic hydroxyl groups is 2. The Balaban J connectivity index is 2.38. The average molecular weight is 392 g/mol. The number of carbonyl (C=O) groups is 3. The van der Waals surface area contributed by atoms with E-state index in [1.54, 1.807) is 6.92 Å². The Bertz CT molecular complexity index is 1050. The Kier molecular flexibility index (Phi) is 4.95. The maximum Gasteiger partial charge on any atom is 0.352 e. The minimum absolute atomic E-state index is 0.0294. The van der Waals surface area contributed by atoms with Crippen molar-refractivity contribution in [1.82, 2.24) is 0 Å². The summed E-state index contributed by atoms with van der Waals surface area (Å²) >= 11 is 0. The lowest BCUT2D eigenvalue weighted by Crippen LogP contribution is -2.30. The van der Waals surface area contributed by atoms with Crippen molar-refractivity contribution in [2.75, 3.05) is 13.2 Å². The zero-order valence-electron chi connectivity index (χ0n) is 14.9. The van der Waals surface area contributed by atoms with Crippen molar-refractivity contribution in [2.24, 2.45) is 0 Å². The Labute approximate surface area is 157 Å². The predicted octanol–water partition coefficient (Wildman–Crippen LogP) is 1.08. The van der Waals surface area contributed by atoms with Gasteiger partial charge in [0.05, 0.1) is 30.8 Å². The second-order valence-corrected chi connectivity index (χ2v) is 5.80. The molecular weight excluding hydrogens is 376 g/mol. The summed E-state index contributed by atoms with van der Waals surface area (Å²) in [5.74, 6) is -4.25. The lowest BCUT2D eigenvalue weighted by Gasteiger charge is -2.25. The Morgan fingerprint density at radius 2 is 1.82 bits per heavy atom. The van der Waals surface area contributed by atoms with Gasteiger partial charge in [0.2, 0.25) is 11.9 Å². The molecule has 0 unspecified atom stereocenters. The van der Waals surface area contributed by atoms with E-state index >= 15 is 0 Å². The molecule has 1 aliphatic heterocycles. The fourth-order valence-corrected chi connectivity index (χ4v) is 3.00. The summed E-state index contributed by atoms with van der Waals surface area (Å²) in [5, 5.41) is 19.8. The van der Waals surface area contributed by atoms with Crippen molar-refractivity contribution in [3.63, 3.8) is 0 Å². The molecule has 2 heterocycles. The van der Waals surface area contributed by atoms with Crippen LogP contribution in [-0.4, -0.2) is 41.3 Å². The third-order valence-corrected chi connectivity index (χ3v) is 4.10. The van der Waals surface area contributed by atoms with Gasteiger partial charge < -0.3 is 28.8 Å². The Morgan fingerprint density at radius 3 is 2.46 bits per heavy atom. The van der Waals surface area contributed by atoms with Crippen molar-refractivity contribution in [3.8, 4) is 11.5 Å². The first-order valence-electron chi connectivity index (χ1n) is 8.37. The van der Waals surface area contributed by atoms with Gasteiger partial charge >= 0.3 is 23.5 Å². The highest BCUT2D eigenvalue weighted by Gasteiger charge is 2.40. The predicted molar refractivity (Wildman–Crippen MR) is 90.9 cm³/mol. The molecule has 2 aromatic rings. The van der Waals surface area contributed by atoms with E-state index in [1.165, 1.54) is 6.92 Å². The van der Waals surface area contributed by atoms with Crippen molar-refractivity contribution in [3.05, 3.63) is 33.2 Å². The minimum atomic E-state index is -1.65. The number of phenolic OH excluding ortho intramolecular Hbond substituents is 2. The van der Waals surface area contributed by atoms with Crippen LogP contribution in [0.2, 0.25) is 0 Å². The second-order valence-electron chi connectivity index (χ2n) is 5.80. The molecule has 1 atom stereocenters. The zero-order valence-corrected chi connectivity index (χ0v) is 14.9. The zero-order chi connectivity index (χ0) is 20.6. The molecule has 148 valence electrons. The molecule has 10 nitrogen and oxygen atoms in total. The van der Waals surface area contributed by atoms with Crippen molar-refractivity contribution < 1.29 is 43.2 Å². The van der Waals surface area contributed by atoms with Crippen LogP contribution in [0.1, 0.15) is 41.4 Å². The largest absolute Gasteiger partial charge is 0.504 e. The number of rotatable bonds is 5. The first-order valence-corrected chi connectivity index (χ1v) is 8.37. The van der Waals surface area contributed by atoms with Gasteiger partial charge in [-0.05, 0) is 19.9 Å². The Hall–Kier alpha value is -3.56. The molecule has 0 fully saturated rings. The molecule has 1 aliphatic rings. The topological polar surface area (TPSA) is 150 Å². The van der Waals surface area contributed by atoms with E-state index in [2.05, 4.69) is 0 Å². The number of hydrogen-bond donors (Lipinski definition) is 2. The maximum atomic E-state index is 12.5. The van der Waals surface area contributed by atoms with E-state index in [0.717, 1.165) is 6.07 Å². The van der Waals surface area contributed by atoms with Gasteiger partial charge in [-0.3, -0.25) is 4.79 Å². The van der Waals surface area contributed by atoms with Gasteiger partial charge in [0.1, 0.15) is 0 Å². The summed E-state index contributed by atoms with van der Waals surface area (Å²) in [6, 6.07) is 0.916. The number of benzene rings is 1. The second kappa shape index (κ2) is 7.22. The third-order valence-electron chi connectivity index (χ3n) is 4.10. The van der Waals surface area contributed by atoms with E-state index in [-0.39, 0.29) is 35.3 Å². The highest BCUT2D eigenvalue weighted by atomic mass is 16.6. The minimum Gasteiger partial charge on any atom is -0.504 e. The number of esters is 3. The van der Waals surface area contributed by atoms with E-state index in [0.29, 0.717) is 0 Å². The number of ether oxygens (including phenoxy) is 3. The normalized spacial score (nSPS) is 15.2. The summed E-state index contributed by atoms with van der Waals surface area (Å²) in [4.78, 5) is 49.1. The van der Waals surface area contributed by atoms with Crippen LogP contribution in [0.25, 0.3) is 11.0 Å². The van der Waals surface area contributed by atoms with Gasteiger partial charge in [-0.15, -0.1) is 0 Å². The van der Waals surface area contributed by atoms with Gasteiger partial charge in [0, 0.05) is 10.9 Å². The fraction of sp³-hybridized carbons (Fsp3) is 0.333. The molecule has 28 heavy (non-hydrogen) atoms. The van der Waals surface area contributed by atoms with E-state index in [1.807, 2.05) is 0 Å². The quantitative estimate of drug-likeness (QED) is 0.327. The first-order chi connectivity index (χ1) is 13.3. The van der Waals surface area contributed by atoms with Crippen molar-refractivity contribution in [1.29, 1.82) is 0 Å². The smallest absolute Gasteiger partial charge is 0.352 e. The number of phenols is 2. The molecule has 0 radical (unpaired) electrons. The van der Waals surface area contributed by atoms with Crippen LogP contribution >= 0.6 is 0 Å². The lowest BCUT2D eigenvalue weighted by atomic mass is 9.91. The molecule has 0 amide bonds. The summed E-state index contributed by atoms with van der Waals surface area (Å²) in [6.45, 7) is 3.14. The summed E-state index contributed by atoms with van der Waals surface area (Å²) in [6.07, 6.45) is -2.21. The fourth-order valence-electron chi connectivity index (χ4n) is 3.00. The van der Waals surface area contributed by atoms with Crippen LogP contribution in [0, 0.1) is 0 Å². The van der Waals surface area contributed by atoms with E-state index < -0.39 is 53.1 Å². The highest BCUT2D eigenvalue weighted by molar-refractivity contribution is 6.11. The van der Waals surface area contributed by atoms with Crippen LogP contribution in [0.3, 0.4) is 0 Å². The molecule has 2 N–H and O–H groups in total. The summed E-state index contributed by atoms with van der Waals surface area (Å²) in [7, 11) is 0. The van der Waals surface area contributed by atoms with E-state index in [4.69, 9.17) is 18.6 Å². The van der Waals surface area contributed by atoms with Gasteiger partial charge in [-0.2, -0.15) is 0 Å². The summed E-state index contributed by atoms with van der Waals surface area (Å²) in [5.41, 5.74) is -2.23. The monoisotopic (exact) mass is 392 g/mol. The molecule has 0 aliphatic carbocycles. The van der Waals surface area contributed by atoms with Gasteiger partial charge in [0.15, 0.2) is 11.3 Å². The maximum absolute atomic E-state index is 12.5. The molecular formula is C18H16O10. The van der Waals surface area contributed by atoms with Crippen LogP contribution in [-0.2, 0) is 30.2 Å². The van der Waals surface area contributed by atoms with Gasteiger partial charge in [0.25, 0.3) is 0 Å². The molecule has 10 heteroatoms. The van der Waals surface area contributed by atoms with Crippen LogP contribution < -0.4 is 5.63 Å². The lowest BCUT2D eigenvalue weighted by molar-refractivity contribution is -0.154. The molecule has 0 saturated carbocycles. The first kappa shape index (κ1) is 19.2. The van der Waals surface area contributed by atoms with Gasteiger partial charge in [-0.1, -0.05) is 0 Å². The van der Waals surface area contributed by atoms with Gasteiger partial charge in [-0.25, -0.2) is 14.4 Å². The molecule has 3 rings (SSSR count). The van der Waals surface area contributed by atoms with E-state index in [9.17, 15) is 29.4 Å². The Morgan fingerprint density at radius 1 is 1.14 bits per heavy atom. The molecule has 0 saturated heterocycles. The number of cyclic esters (lactones) is 1. The average Bonchev–Trinajstić information content (AvgIpc) is 2.64. The van der Waals surface area contributed by atoms with Crippen LogP contribution in [0.4, 0.5) is 0 Å². The molecule has 0 spiro atoms. The molecule has 1 aromatic heterocycles. The molecule has 0 bridgehead atoms. The number of hydrogen-bond acceptors (Lipinski definition) is 10. The third kappa shape index (κ3) is 3.02. The standard InChI is InChI=1S/C18H16O10/c1-3-25-10(20)6-8-12-11-7(16(22)28-15(12)18(24)26-4-2)5-9(19)13(21)14(11)27-17(8)23/h5,15,19,21H,3-4,6H2,1-2H3/t15-/m1/s1. The van der Waals surface area contributed by atoms with Crippen LogP contribution in [0.15, 0.2) is 15.3 Å². The number of carbonyl (C=O) groups excluding carboxylic acids is 3. The van der Waals surface area contributed by atoms with Crippen molar-refractivity contribution >= 4 is 28.9 Å². The summed E-state index contributed by atoms with van der Waals surface area (Å²) < 4.78 is 19.9. The van der Waals surface area contributed by atoms with Crippen molar-refractivity contribution in [2.45, 2.75) is 26.4 Å². The van der Waals surface area contributed by atoms with Crippen LogP contribution in [0.5, 0.6) is 11.5 Å².